The molecule has 0 heterocycles. The van der Waals surface area contributed by atoms with E-state index in [4.69, 9.17) is 11.6 Å². The summed E-state index contributed by atoms with van der Waals surface area (Å²) in [6, 6.07) is 0. The third-order valence-electron chi connectivity index (χ3n) is 1.53. The Labute approximate surface area is 66.2 Å². The lowest BCUT2D eigenvalue weighted by atomic mass is 9.98. The van der Waals surface area contributed by atoms with Crippen molar-refractivity contribution in [1.82, 2.24) is 0 Å². The van der Waals surface area contributed by atoms with Gasteiger partial charge in [-0.2, -0.15) is 0 Å². The monoisotopic (exact) mass is 160 g/mol. The molecule has 3 heteroatoms. The molecule has 1 aliphatic rings. The standard InChI is InChI=1S/C7H11ClNO/c1-10-9-7-4-2-3-6(8)5-7/h2-5H2,1H3. The molecule has 0 aromatic heterocycles. The van der Waals surface area contributed by atoms with Crippen LogP contribution in [0.4, 0.5) is 0 Å². The van der Waals surface area contributed by atoms with E-state index in [0.717, 1.165) is 36.8 Å². The minimum absolute atomic E-state index is 0.815. The highest BCUT2D eigenvalue weighted by Crippen LogP contribution is 2.27. The van der Waals surface area contributed by atoms with Crippen LogP contribution in [-0.4, -0.2) is 12.8 Å². The first-order valence-electron chi connectivity index (χ1n) is 3.42. The largest absolute Gasteiger partial charge is 0.399 e. The van der Waals surface area contributed by atoms with Crippen molar-refractivity contribution >= 4 is 17.3 Å². The highest BCUT2D eigenvalue weighted by molar-refractivity contribution is 6.28. The van der Waals surface area contributed by atoms with Gasteiger partial charge in [0.05, 0.1) is 11.1 Å². The van der Waals surface area contributed by atoms with Crippen LogP contribution in [0.1, 0.15) is 25.7 Å². The SMILES string of the molecule is CON=C1CCC[C](Cl)C1. The Hall–Kier alpha value is -0.240. The fourth-order valence-electron chi connectivity index (χ4n) is 1.09. The molecule has 1 fully saturated rings. The molecule has 0 N–H and O–H groups in total. The van der Waals surface area contributed by atoms with Crippen molar-refractivity contribution < 1.29 is 4.84 Å². The maximum absolute atomic E-state index is 5.83. The van der Waals surface area contributed by atoms with Crippen LogP contribution in [0.5, 0.6) is 0 Å². The van der Waals surface area contributed by atoms with E-state index in [2.05, 4.69) is 9.99 Å². The number of hydrogen-bond acceptors (Lipinski definition) is 2. The van der Waals surface area contributed by atoms with Crippen molar-refractivity contribution in [2.45, 2.75) is 25.7 Å². The Morgan fingerprint density at radius 1 is 1.50 bits per heavy atom. The van der Waals surface area contributed by atoms with Crippen LogP contribution in [-0.2, 0) is 4.84 Å². The van der Waals surface area contributed by atoms with Crippen molar-refractivity contribution in [3.05, 3.63) is 5.38 Å². The molecule has 0 spiro atoms. The third kappa shape index (κ3) is 2.18. The second kappa shape index (κ2) is 3.81. The molecule has 1 radical (unpaired) electrons. The number of hydrogen-bond donors (Lipinski definition) is 0. The van der Waals surface area contributed by atoms with Gasteiger partial charge < -0.3 is 4.84 Å². The predicted molar refractivity (Wildman–Crippen MR) is 42.0 cm³/mol. The van der Waals surface area contributed by atoms with Crippen molar-refractivity contribution in [1.29, 1.82) is 0 Å². The van der Waals surface area contributed by atoms with Crippen LogP contribution >= 0.6 is 11.6 Å². The average molecular weight is 161 g/mol. The fourth-order valence-corrected chi connectivity index (χ4v) is 1.38. The van der Waals surface area contributed by atoms with Crippen molar-refractivity contribution in [3.63, 3.8) is 0 Å². The number of nitrogens with zero attached hydrogens (tertiary/aromatic N) is 1. The molecule has 10 heavy (non-hydrogen) atoms. The van der Waals surface area contributed by atoms with Gasteiger partial charge >= 0.3 is 0 Å². The zero-order valence-electron chi connectivity index (χ0n) is 6.06. The van der Waals surface area contributed by atoms with Crippen LogP contribution in [0.25, 0.3) is 0 Å². The molecule has 0 aromatic carbocycles. The molecular formula is C7H11ClNO. The Kier molecular flexibility index (Phi) is 3.00. The van der Waals surface area contributed by atoms with Crippen LogP contribution in [0.15, 0.2) is 5.16 Å². The minimum Gasteiger partial charge on any atom is -0.399 e. The summed E-state index contributed by atoms with van der Waals surface area (Å²) in [5.74, 6) is 0. The summed E-state index contributed by atoms with van der Waals surface area (Å²) < 4.78 is 0. The molecule has 2 nitrogen and oxygen atoms in total. The van der Waals surface area contributed by atoms with E-state index in [9.17, 15) is 0 Å². The first kappa shape index (κ1) is 7.86. The van der Waals surface area contributed by atoms with Crippen LogP contribution in [0.3, 0.4) is 0 Å². The van der Waals surface area contributed by atoms with Gasteiger partial charge in [0, 0.05) is 6.42 Å². The molecule has 1 aliphatic carbocycles. The van der Waals surface area contributed by atoms with Crippen molar-refractivity contribution in [2.24, 2.45) is 5.16 Å². The molecule has 0 aromatic rings. The zero-order chi connectivity index (χ0) is 7.40. The molecule has 1 rings (SSSR count). The minimum atomic E-state index is 0.815. The molecule has 0 saturated heterocycles. The Morgan fingerprint density at radius 2 is 2.30 bits per heavy atom. The quantitative estimate of drug-likeness (QED) is 0.540. The first-order chi connectivity index (χ1) is 4.83. The van der Waals surface area contributed by atoms with E-state index in [1.54, 1.807) is 7.11 Å². The lowest BCUT2D eigenvalue weighted by Gasteiger charge is -2.15. The molecule has 0 bridgehead atoms. The summed E-state index contributed by atoms with van der Waals surface area (Å²) >= 11 is 5.83. The summed E-state index contributed by atoms with van der Waals surface area (Å²) in [6.45, 7) is 0. The summed E-state index contributed by atoms with van der Waals surface area (Å²) in [5, 5.41) is 4.85. The molecule has 0 atom stereocenters. The smallest absolute Gasteiger partial charge is 0.106 e. The zero-order valence-corrected chi connectivity index (χ0v) is 6.82. The van der Waals surface area contributed by atoms with Crippen LogP contribution in [0.2, 0.25) is 0 Å². The van der Waals surface area contributed by atoms with E-state index in [-0.39, 0.29) is 0 Å². The fraction of sp³-hybridized carbons (Fsp3) is 0.714. The summed E-state index contributed by atoms with van der Waals surface area (Å²) in [7, 11) is 1.56. The summed E-state index contributed by atoms with van der Waals surface area (Å²) in [5.41, 5.74) is 1.07. The molecule has 57 valence electrons. The number of rotatable bonds is 1. The van der Waals surface area contributed by atoms with E-state index < -0.39 is 0 Å². The highest BCUT2D eigenvalue weighted by Gasteiger charge is 2.16. The lowest BCUT2D eigenvalue weighted by Crippen LogP contribution is -2.09. The van der Waals surface area contributed by atoms with Gasteiger partial charge in [0.15, 0.2) is 0 Å². The first-order valence-corrected chi connectivity index (χ1v) is 3.80. The lowest BCUT2D eigenvalue weighted by molar-refractivity contribution is 0.211. The molecule has 0 aliphatic heterocycles. The molecule has 0 unspecified atom stereocenters. The number of halogens is 1. The van der Waals surface area contributed by atoms with Crippen molar-refractivity contribution in [3.8, 4) is 0 Å². The van der Waals surface area contributed by atoms with E-state index >= 15 is 0 Å². The van der Waals surface area contributed by atoms with Gasteiger partial charge in [0.25, 0.3) is 0 Å². The van der Waals surface area contributed by atoms with Gasteiger partial charge in [0.2, 0.25) is 0 Å². The van der Waals surface area contributed by atoms with E-state index in [0.29, 0.717) is 0 Å². The Morgan fingerprint density at radius 3 is 2.90 bits per heavy atom. The summed E-state index contributed by atoms with van der Waals surface area (Å²) in [4.78, 5) is 4.65. The van der Waals surface area contributed by atoms with Gasteiger partial charge in [-0.25, -0.2) is 0 Å². The van der Waals surface area contributed by atoms with Crippen LogP contribution < -0.4 is 0 Å². The average Bonchev–Trinajstić information content (AvgIpc) is 1.88. The maximum atomic E-state index is 5.83. The Balaban J connectivity index is 2.39. The Bertz CT molecular complexity index is 136. The van der Waals surface area contributed by atoms with Gasteiger partial charge in [-0.05, 0) is 19.3 Å². The van der Waals surface area contributed by atoms with Gasteiger partial charge in [-0.1, -0.05) is 5.16 Å². The predicted octanol–water partition coefficient (Wildman–Crippen LogP) is 2.33. The topological polar surface area (TPSA) is 21.6 Å². The maximum Gasteiger partial charge on any atom is 0.106 e. The molecule has 1 saturated carbocycles. The van der Waals surface area contributed by atoms with Crippen molar-refractivity contribution in [2.75, 3.05) is 7.11 Å². The van der Waals surface area contributed by atoms with Gasteiger partial charge in [-0.15, -0.1) is 11.6 Å². The third-order valence-corrected chi connectivity index (χ3v) is 1.85. The molecular weight excluding hydrogens is 150 g/mol. The van der Waals surface area contributed by atoms with E-state index in [1.165, 1.54) is 0 Å². The summed E-state index contributed by atoms with van der Waals surface area (Å²) in [6.07, 6.45) is 3.99. The second-order valence-corrected chi connectivity index (χ2v) is 2.92. The van der Waals surface area contributed by atoms with Gasteiger partial charge in [-0.3, -0.25) is 0 Å². The highest BCUT2D eigenvalue weighted by atomic mass is 35.5. The van der Waals surface area contributed by atoms with Crippen LogP contribution in [0, 0.1) is 5.38 Å². The molecule has 0 amide bonds. The van der Waals surface area contributed by atoms with E-state index in [1.807, 2.05) is 0 Å². The second-order valence-electron chi connectivity index (χ2n) is 2.39. The number of oxime groups is 1. The van der Waals surface area contributed by atoms with Gasteiger partial charge in [0.1, 0.15) is 7.11 Å². The normalized spacial score (nSPS) is 25.2.